The molecule has 0 aliphatic rings. The second-order valence-corrected chi connectivity index (χ2v) is 6.05. The van der Waals surface area contributed by atoms with Crippen molar-refractivity contribution in [2.45, 2.75) is 26.4 Å². The van der Waals surface area contributed by atoms with E-state index in [9.17, 15) is 0 Å². The van der Waals surface area contributed by atoms with Gasteiger partial charge < -0.3 is 4.90 Å². The first kappa shape index (κ1) is 14.9. The first-order valence-electron chi connectivity index (χ1n) is 6.16. The molecular weight excluding hydrogens is 323 g/mol. The van der Waals surface area contributed by atoms with Gasteiger partial charge in [0, 0.05) is 22.7 Å². The summed E-state index contributed by atoms with van der Waals surface area (Å²) in [5, 5.41) is 0. The van der Waals surface area contributed by atoms with Crippen molar-refractivity contribution < 1.29 is 0 Å². The van der Waals surface area contributed by atoms with Gasteiger partial charge in [0.25, 0.3) is 0 Å². The molecular formula is C14H23IN2. The standard InChI is InChI=1S/C14H23IN2/c1-5-17(12(2)10-16(3)4)11-13-6-8-14(15)9-7-13/h6-9,12H,5,10-11H2,1-4H3. The fraction of sp³-hybridized carbons (Fsp3) is 0.571. The van der Waals surface area contributed by atoms with Crippen LogP contribution in [0, 0.1) is 3.57 Å². The highest BCUT2D eigenvalue weighted by atomic mass is 127. The third kappa shape index (κ3) is 5.36. The van der Waals surface area contributed by atoms with Crippen LogP contribution < -0.4 is 0 Å². The van der Waals surface area contributed by atoms with E-state index in [-0.39, 0.29) is 0 Å². The Morgan fingerprint density at radius 3 is 2.24 bits per heavy atom. The van der Waals surface area contributed by atoms with E-state index in [0.717, 1.165) is 19.6 Å². The van der Waals surface area contributed by atoms with E-state index in [0.29, 0.717) is 6.04 Å². The Hall–Kier alpha value is -0.130. The van der Waals surface area contributed by atoms with Gasteiger partial charge in [0.05, 0.1) is 0 Å². The van der Waals surface area contributed by atoms with Gasteiger partial charge in [-0.2, -0.15) is 0 Å². The van der Waals surface area contributed by atoms with Crippen molar-refractivity contribution in [3.05, 3.63) is 33.4 Å². The van der Waals surface area contributed by atoms with E-state index in [4.69, 9.17) is 0 Å². The van der Waals surface area contributed by atoms with E-state index >= 15 is 0 Å². The lowest BCUT2D eigenvalue weighted by Crippen LogP contribution is -2.39. The Morgan fingerprint density at radius 1 is 1.18 bits per heavy atom. The molecule has 1 aromatic carbocycles. The molecule has 1 atom stereocenters. The quantitative estimate of drug-likeness (QED) is 0.731. The Morgan fingerprint density at radius 2 is 1.76 bits per heavy atom. The summed E-state index contributed by atoms with van der Waals surface area (Å²) in [5.41, 5.74) is 1.40. The van der Waals surface area contributed by atoms with Crippen LogP contribution in [-0.4, -0.2) is 43.0 Å². The highest BCUT2D eigenvalue weighted by molar-refractivity contribution is 14.1. The molecule has 0 amide bonds. The molecule has 0 saturated heterocycles. The first-order valence-corrected chi connectivity index (χ1v) is 7.24. The summed E-state index contributed by atoms with van der Waals surface area (Å²) in [6.07, 6.45) is 0. The predicted octanol–water partition coefficient (Wildman–Crippen LogP) is 3.06. The van der Waals surface area contributed by atoms with Crippen LogP contribution in [0.2, 0.25) is 0 Å². The smallest absolute Gasteiger partial charge is 0.0236 e. The minimum atomic E-state index is 0.592. The van der Waals surface area contributed by atoms with Gasteiger partial charge in [-0.15, -0.1) is 0 Å². The normalized spacial score (nSPS) is 13.4. The summed E-state index contributed by atoms with van der Waals surface area (Å²) in [7, 11) is 4.27. The lowest BCUT2D eigenvalue weighted by Gasteiger charge is -2.30. The SMILES string of the molecule is CCN(Cc1ccc(I)cc1)C(C)CN(C)C. The van der Waals surface area contributed by atoms with E-state index in [1.807, 2.05) is 0 Å². The summed E-state index contributed by atoms with van der Waals surface area (Å²) < 4.78 is 1.30. The summed E-state index contributed by atoms with van der Waals surface area (Å²) in [5.74, 6) is 0. The van der Waals surface area contributed by atoms with Crippen LogP contribution in [0.25, 0.3) is 0 Å². The molecule has 0 radical (unpaired) electrons. The number of rotatable bonds is 6. The molecule has 0 bridgehead atoms. The van der Waals surface area contributed by atoms with Crippen LogP contribution >= 0.6 is 22.6 Å². The topological polar surface area (TPSA) is 6.48 Å². The summed E-state index contributed by atoms with van der Waals surface area (Å²) >= 11 is 2.35. The van der Waals surface area contributed by atoms with Crippen molar-refractivity contribution in [2.75, 3.05) is 27.2 Å². The summed E-state index contributed by atoms with van der Waals surface area (Å²) in [4.78, 5) is 4.77. The minimum absolute atomic E-state index is 0.592. The Bertz CT molecular complexity index is 321. The van der Waals surface area contributed by atoms with Crippen molar-refractivity contribution in [1.82, 2.24) is 9.80 Å². The van der Waals surface area contributed by atoms with Crippen molar-refractivity contribution >= 4 is 22.6 Å². The maximum absolute atomic E-state index is 2.52. The van der Waals surface area contributed by atoms with E-state index in [2.05, 4.69) is 84.6 Å². The Kier molecular flexibility index (Phi) is 6.44. The zero-order chi connectivity index (χ0) is 12.8. The third-order valence-corrected chi connectivity index (χ3v) is 3.68. The highest BCUT2D eigenvalue weighted by Crippen LogP contribution is 2.11. The third-order valence-electron chi connectivity index (χ3n) is 2.96. The largest absolute Gasteiger partial charge is 0.308 e. The van der Waals surface area contributed by atoms with Crippen LogP contribution in [0.15, 0.2) is 24.3 Å². The molecule has 0 spiro atoms. The van der Waals surface area contributed by atoms with Gasteiger partial charge in [0.1, 0.15) is 0 Å². The number of benzene rings is 1. The highest BCUT2D eigenvalue weighted by Gasteiger charge is 2.12. The average Bonchev–Trinajstić information content (AvgIpc) is 2.27. The average molecular weight is 346 g/mol. The van der Waals surface area contributed by atoms with Crippen molar-refractivity contribution in [3.8, 4) is 0 Å². The van der Waals surface area contributed by atoms with Crippen LogP contribution in [0.3, 0.4) is 0 Å². The second-order valence-electron chi connectivity index (χ2n) is 4.80. The number of halogens is 1. The maximum Gasteiger partial charge on any atom is 0.0236 e. The second kappa shape index (κ2) is 7.34. The monoisotopic (exact) mass is 346 g/mol. The first-order chi connectivity index (χ1) is 8.02. The zero-order valence-corrected chi connectivity index (χ0v) is 13.4. The molecule has 0 aliphatic heterocycles. The summed E-state index contributed by atoms with van der Waals surface area (Å²) in [6, 6.07) is 9.41. The number of hydrogen-bond donors (Lipinski definition) is 0. The number of likely N-dealkylation sites (N-methyl/N-ethyl adjacent to an activating group) is 2. The lowest BCUT2D eigenvalue weighted by molar-refractivity contribution is 0.174. The molecule has 3 heteroatoms. The maximum atomic E-state index is 2.52. The van der Waals surface area contributed by atoms with Gasteiger partial charge in [-0.25, -0.2) is 0 Å². The van der Waals surface area contributed by atoms with Crippen molar-refractivity contribution in [3.63, 3.8) is 0 Å². The van der Waals surface area contributed by atoms with Gasteiger partial charge >= 0.3 is 0 Å². The molecule has 0 N–H and O–H groups in total. The van der Waals surface area contributed by atoms with E-state index < -0.39 is 0 Å². The number of nitrogens with zero attached hydrogens (tertiary/aromatic N) is 2. The van der Waals surface area contributed by atoms with E-state index in [1.165, 1.54) is 9.13 Å². The lowest BCUT2D eigenvalue weighted by atomic mass is 10.2. The molecule has 17 heavy (non-hydrogen) atoms. The van der Waals surface area contributed by atoms with Gasteiger partial charge in [-0.05, 0) is 67.9 Å². The van der Waals surface area contributed by atoms with Gasteiger partial charge in [0.15, 0.2) is 0 Å². The van der Waals surface area contributed by atoms with Gasteiger partial charge in [-0.1, -0.05) is 19.1 Å². The van der Waals surface area contributed by atoms with Gasteiger partial charge in [0.2, 0.25) is 0 Å². The molecule has 0 aromatic heterocycles. The van der Waals surface area contributed by atoms with Gasteiger partial charge in [-0.3, -0.25) is 4.90 Å². The van der Waals surface area contributed by atoms with Crippen LogP contribution in [-0.2, 0) is 6.54 Å². The molecule has 0 heterocycles. The van der Waals surface area contributed by atoms with Crippen molar-refractivity contribution in [2.24, 2.45) is 0 Å². The fourth-order valence-electron chi connectivity index (χ4n) is 2.05. The van der Waals surface area contributed by atoms with Crippen molar-refractivity contribution in [1.29, 1.82) is 0 Å². The molecule has 1 rings (SSSR count). The molecule has 0 saturated carbocycles. The molecule has 0 fully saturated rings. The van der Waals surface area contributed by atoms with Crippen LogP contribution in [0.4, 0.5) is 0 Å². The Balaban J connectivity index is 2.59. The molecule has 1 unspecified atom stereocenters. The zero-order valence-electron chi connectivity index (χ0n) is 11.3. The molecule has 96 valence electrons. The Labute approximate surface area is 119 Å². The fourth-order valence-corrected chi connectivity index (χ4v) is 2.41. The van der Waals surface area contributed by atoms with Crippen LogP contribution in [0.5, 0.6) is 0 Å². The molecule has 1 aromatic rings. The number of hydrogen-bond acceptors (Lipinski definition) is 2. The van der Waals surface area contributed by atoms with E-state index in [1.54, 1.807) is 0 Å². The van der Waals surface area contributed by atoms with Crippen LogP contribution in [0.1, 0.15) is 19.4 Å². The predicted molar refractivity (Wildman–Crippen MR) is 83.3 cm³/mol. The summed E-state index contributed by atoms with van der Waals surface area (Å²) in [6.45, 7) is 7.79. The molecule has 2 nitrogen and oxygen atoms in total. The minimum Gasteiger partial charge on any atom is -0.308 e. The molecule has 0 aliphatic carbocycles.